The third kappa shape index (κ3) is 2.95. The van der Waals surface area contributed by atoms with Gasteiger partial charge in [0.2, 0.25) is 0 Å². The predicted molar refractivity (Wildman–Crippen MR) is 54.4 cm³/mol. The second kappa shape index (κ2) is 4.41. The van der Waals surface area contributed by atoms with Crippen molar-refractivity contribution in [1.82, 2.24) is 0 Å². The molecular formula is C11H10O4. The van der Waals surface area contributed by atoms with E-state index in [1.165, 1.54) is 0 Å². The molecule has 0 amide bonds. The first kappa shape index (κ1) is 11.0. The van der Waals surface area contributed by atoms with Crippen molar-refractivity contribution >= 4 is 17.5 Å². The first-order chi connectivity index (χ1) is 7.00. The summed E-state index contributed by atoms with van der Waals surface area (Å²) >= 11 is 0. The minimum Gasteiger partial charge on any atom is -0.478 e. The van der Waals surface area contributed by atoms with E-state index in [0.29, 0.717) is 11.6 Å². The molecule has 78 valence electrons. The summed E-state index contributed by atoms with van der Waals surface area (Å²) in [7, 11) is 0. The largest absolute Gasteiger partial charge is 0.478 e. The van der Waals surface area contributed by atoms with Gasteiger partial charge in [-0.1, -0.05) is 29.8 Å². The molecule has 2 N–H and O–H groups in total. The summed E-state index contributed by atoms with van der Waals surface area (Å²) in [5.41, 5.74) is 1.15. The molecule has 0 fully saturated rings. The summed E-state index contributed by atoms with van der Waals surface area (Å²) in [4.78, 5) is 21.2. The molecule has 0 aliphatic rings. The molecule has 4 nitrogen and oxygen atoms in total. The molecule has 1 aromatic carbocycles. The molecule has 0 aliphatic carbocycles. The van der Waals surface area contributed by atoms with Crippen LogP contribution in [0.5, 0.6) is 0 Å². The van der Waals surface area contributed by atoms with Crippen molar-refractivity contribution in [3.05, 3.63) is 41.5 Å². The number of rotatable bonds is 3. The summed E-state index contributed by atoms with van der Waals surface area (Å²) < 4.78 is 0. The van der Waals surface area contributed by atoms with Crippen LogP contribution in [0.15, 0.2) is 30.3 Å². The van der Waals surface area contributed by atoms with Gasteiger partial charge in [-0.15, -0.1) is 0 Å². The Kier molecular flexibility index (Phi) is 3.23. The van der Waals surface area contributed by atoms with Crippen molar-refractivity contribution in [2.45, 2.75) is 6.92 Å². The molecule has 0 atom stereocenters. The van der Waals surface area contributed by atoms with Gasteiger partial charge in [-0.05, 0) is 12.5 Å². The van der Waals surface area contributed by atoms with Crippen LogP contribution in [0, 0.1) is 6.92 Å². The highest BCUT2D eigenvalue weighted by atomic mass is 16.4. The van der Waals surface area contributed by atoms with E-state index in [1.54, 1.807) is 24.3 Å². The Hall–Kier alpha value is -2.10. The Morgan fingerprint density at radius 1 is 1.13 bits per heavy atom. The average molecular weight is 206 g/mol. The SMILES string of the molecule is Cc1ccc(/C(=C\C(=O)O)C(=O)O)cc1. The molecule has 0 bridgehead atoms. The van der Waals surface area contributed by atoms with Crippen LogP contribution in [-0.2, 0) is 9.59 Å². The van der Waals surface area contributed by atoms with E-state index in [-0.39, 0.29) is 5.57 Å². The highest BCUT2D eigenvalue weighted by Crippen LogP contribution is 2.15. The summed E-state index contributed by atoms with van der Waals surface area (Å²) in [6.07, 6.45) is 0.688. The molecule has 15 heavy (non-hydrogen) atoms. The Morgan fingerprint density at radius 3 is 2.07 bits per heavy atom. The molecule has 0 heterocycles. The number of hydrogen-bond donors (Lipinski definition) is 2. The van der Waals surface area contributed by atoms with Crippen LogP contribution in [0.1, 0.15) is 11.1 Å². The number of carbonyl (C=O) groups is 2. The lowest BCUT2D eigenvalue weighted by atomic mass is 10.0. The van der Waals surface area contributed by atoms with Crippen molar-refractivity contribution in [2.75, 3.05) is 0 Å². The second-order valence-electron chi connectivity index (χ2n) is 3.07. The van der Waals surface area contributed by atoms with Crippen LogP contribution in [0.25, 0.3) is 5.57 Å². The smallest absolute Gasteiger partial charge is 0.336 e. The van der Waals surface area contributed by atoms with E-state index < -0.39 is 11.9 Å². The van der Waals surface area contributed by atoms with Gasteiger partial charge in [0.05, 0.1) is 5.57 Å². The van der Waals surface area contributed by atoms with Crippen LogP contribution >= 0.6 is 0 Å². The molecule has 0 spiro atoms. The first-order valence-electron chi connectivity index (χ1n) is 4.25. The monoisotopic (exact) mass is 206 g/mol. The Morgan fingerprint density at radius 2 is 1.67 bits per heavy atom. The number of carboxylic acids is 2. The van der Waals surface area contributed by atoms with Crippen molar-refractivity contribution in [3.63, 3.8) is 0 Å². The average Bonchev–Trinajstić information content (AvgIpc) is 2.15. The summed E-state index contributed by atoms with van der Waals surface area (Å²) in [6.45, 7) is 1.87. The lowest BCUT2D eigenvalue weighted by Crippen LogP contribution is -2.03. The summed E-state index contributed by atoms with van der Waals surface area (Å²) in [5, 5.41) is 17.3. The van der Waals surface area contributed by atoms with E-state index in [1.807, 2.05) is 6.92 Å². The normalized spacial score (nSPS) is 11.1. The predicted octanol–water partition coefficient (Wildman–Crippen LogP) is 1.55. The number of aryl methyl sites for hydroxylation is 1. The highest BCUT2D eigenvalue weighted by Gasteiger charge is 2.11. The zero-order chi connectivity index (χ0) is 11.4. The minimum absolute atomic E-state index is 0.220. The van der Waals surface area contributed by atoms with Gasteiger partial charge in [0.15, 0.2) is 0 Å². The van der Waals surface area contributed by atoms with Gasteiger partial charge >= 0.3 is 11.9 Å². The quantitative estimate of drug-likeness (QED) is 0.736. The fourth-order valence-electron chi connectivity index (χ4n) is 1.13. The molecule has 1 aromatic rings. The fraction of sp³-hybridized carbons (Fsp3) is 0.0909. The van der Waals surface area contributed by atoms with Crippen LogP contribution in [-0.4, -0.2) is 22.2 Å². The molecular weight excluding hydrogens is 196 g/mol. The van der Waals surface area contributed by atoms with Crippen LogP contribution in [0.4, 0.5) is 0 Å². The number of carboxylic acid groups (broad SMARTS) is 2. The van der Waals surface area contributed by atoms with Gasteiger partial charge in [-0.2, -0.15) is 0 Å². The fourth-order valence-corrected chi connectivity index (χ4v) is 1.13. The maximum atomic E-state index is 10.8. The lowest BCUT2D eigenvalue weighted by Gasteiger charge is -2.01. The molecule has 0 aliphatic heterocycles. The molecule has 1 rings (SSSR count). The maximum absolute atomic E-state index is 10.8. The van der Waals surface area contributed by atoms with Gasteiger partial charge in [-0.25, -0.2) is 9.59 Å². The van der Waals surface area contributed by atoms with E-state index in [0.717, 1.165) is 5.56 Å². The third-order valence-corrected chi connectivity index (χ3v) is 1.86. The van der Waals surface area contributed by atoms with Crippen molar-refractivity contribution in [1.29, 1.82) is 0 Å². The molecule has 4 heteroatoms. The van der Waals surface area contributed by atoms with Gasteiger partial charge < -0.3 is 10.2 Å². The highest BCUT2D eigenvalue weighted by molar-refractivity contribution is 6.19. The standard InChI is InChI=1S/C11H10O4/c1-7-2-4-8(5-3-7)9(11(14)15)6-10(12)13/h2-6H,1H3,(H,12,13)(H,14,15)/b9-6+. The Labute approximate surface area is 86.5 Å². The van der Waals surface area contributed by atoms with Gasteiger partial charge in [0.25, 0.3) is 0 Å². The molecule has 0 unspecified atom stereocenters. The third-order valence-electron chi connectivity index (χ3n) is 1.86. The van der Waals surface area contributed by atoms with Gasteiger partial charge in [0, 0.05) is 6.08 Å². The van der Waals surface area contributed by atoms with Crippen molar-refractivity contribution in [3.8, 4) is 0 Å². The molecule has 0 aromatic heterocycles. The van der Waals surface area contributed by atoms with Crippen molar-refractivity contribution < 1.29 is 19.8 Å². The summed E-state index contributed by atoms with van der Waals surface area (Å²) in [6, 6.07) is 6.62. The van der Waals surface area contributed by atoms with Crippen LogP contribution in [0.2, 0.25) is 0 Å². The maximum Gasteiger partial charge on any atom is 0.336 e. The Bertz CT molecular complexity index is 415. The van der Waals surface area contributed by atoms with E-state index in [9.17, 15) is 9.59 Å². The Balaban J connectivity index is 3.16. The summed E-state index contributed by atoms with van der Waals surface area (Å²) in [5.74, 6) is -2.52. The van der Waals surface area contributed by atoms with Crippen LogP contribution < -0.4 is 0 Å². The van der Waals surface area contributed by atoms with E-state index in [2.05, 4.69) is 0 Å². The number of aliphatic carboxylic acids is 2. The minimum atomic E-state index is -1.27. The lowest BCUT2D eigenvalue weighted by molar-refractivity contribution is -0.133. The molecule has 0 saturated carbocycles. The zero-order valence-corrected chi connectivity index (χ0v) is 8.10. The van der Waals surface area contributed by atoms with E-state index >= 15 is 0 Å². The number of hydrogen-bond acceptors (Lipinski definition) is 2. The van der Waals surface area contributed by atoms with Gasteiger partial charge in [-0.3, -0.25) is 0 Å². The number of benzene rings is 1. The second-order valence-corrected chi connectivity index (χ2v) is 3.07. The molecule has 0 saturated heterocycles. The molecule has 0 radical (unpaired) electrons. The van der Waals surface area contributed by atoms with Crippen LogP contribution in [0.3, 0.4) is 0 Å². The van der Waals surface area contributed by atoms with E-state index in [4.69, 9.17) is 10.2 Å². The topological polar surface area (TPSA) is 74.6 Å². The zero-order valence-electron chi connectivity index (χ0n) is 8.10. The van der Waals surface area contributed by atoms with Crippen molar-refractivity contribution in [2.24, 2.45) is 0 Å². The van der Waals surface area contributed by atoms with Gasteiger partial charge in [0.1, 0.15) is 0 Å². The first-order valence-corrected chi connectivity index (χ1v) is 4.25.